The average molecular weight is 197 g/mol. The van der Waals surface area contributed by atoms with E-state index >= 15 is 0 Å². The molecule has 0 radical (unpaired) electrons. The van der Waals surface area contributed by atoms with Crippen LogP contribution in [0.3, 0.4) is 0 Å². The van der Waals surface area contributed by atoms with Crippen molar-refractivity contribution in [3.05, 3.63) is 0 Å². The molecule has 2 aliphatic rings. The summed E-state index contributed by atoms with van der Waals surface area (Å²) in [6, 6.07) is 0. The quantitative estimate of drug-likeness (QED) is 0.749. The first-order chi connectivity index (χ1) is 6.62. The van der Waals surface area contributed by atoms with Crippen molar-refractivity contribution in [2.45, 2.75) is 44.6 Å². The molecule has 0 aromatic rings. The van der Waals surface area contributed by atoms with Gasteiger partial charge in [-0.25, -0.2) is 0 Å². The summed E-state index contributed by atoms with van der Waals surface area (Å²) in [5.41, 5.74) is 0.0295. The third kappa shape index (κ3) is 1.65. The van der Waals surface area contributed by atoms with Crippen LogP contribution in [-0.4, -0.2) is 34.6 Å². The number of hydrogen-bond donors (Lipinski definition) is 1. The number of likely N-dealkylation sites (tertiary alicyclic amines) is 1. The zero-order valence-corrected chi connectivity index (χ0v) is 8.83. The van der Waals surface area contributed by atoms with Gasteiger partial charge in [0.25, 0.3) is 0 Å². The zero-order valence-electron chi connectivity index (χ0n) is 8.83. The van der Waals surface area contributed by atoms with Gasteiger partial charge in [-0.05, 0) is 44.7 Å². The number of aliphatic carboxylic acids is 1. The van der Waals surface area contributed by atoms with E-state index in [0.29, 0.717) is 6.42 Å². The summed E-state index contributed by atoms with van der Waals surface area (Å²) >= 11 is 0. The molecule has 1 saturated heterocycles. The molecule has 3 nitrogen and oxygen atoms in total. The van der Waals surface area contributed by atoms with Crippen molar-refractivity contribution in [2.24, 2.45) is 5.92 Å². The number of carboxylic acids is 1. The van der Waals surface area contributed by atoms with Gasteiger partial charge in [0.1, 0.15) is 0 Å². The van der Waals surface area contributed by atoms with Crippen molar-refractivity contribution >= 4 is 5.97 Å². The molecule has 1 N–H and O–H groups in total. The van der Waals surface area contributed by atoms with E-state index in [9.17, 15) is 4.79 Å². The van der Waals surface area contributed by atoms with Crippen molar-refractivity contribution in [1.82, 2.24) is 4.90 Å². The highest BCUT2D eigenvalue weighted by Gasteiger charge is 2.48. The lowest BCUT2D eigenvalue weighted by molar-refractivity contribution is -0.143. The lowest BCUT2D eigenvalue weighted by Crippen LogP contribution is -2.56. The smallest absolute Gasteiger partial charge is 0.305 e. The van der Waals surface area contributed by atoms with Crippen molar-refractivity contribution in [3.63, 3.8) is 0 Å². The molecule has 0 unspecified atom stereocenters. The van der Waals surface area contributed by atoms with E-state index in [1.807, 2.05) is 0 Å². The second-order valence-electron chi connectivity index (χ2n) is 5.00. The summed E-state index contributed by atoms with van der Waals surface area (Å²) in [4.78, 5) is 13.3. The van der Waals surface area contributed by atoms with Crippen molar-refractivity contribution in [2.75, 3.05) is 13.1 Å². The number of carboxylic acid groups (broad SMARTS) is 1. The molecule has 1 aliphatic carbocycles. The maximum Gasteiger partial charge on any atom is 0.305 e. The standard InChI is InChI=1S/C11H19NO2/c1-9-6-11(7-9,8-10(13)14)12-4-2-3-5-12/h9H,2-8H2,1H3,(H,13,14). The number of carbonyl (C=O) groups is 1. The van der Waals surface area contributed by atoms with Gasteiger partial charge in [0.2, 0.25) is 0 Å². The van der Waals surface area contributed by atoms with Gasteiger partial charge in [0.05, 0.1) is 6.42 Å². The largest absolute Gasteiger partial charge is 0.481 e. The van der Waals surface area contributed by atoms with Crippen molar-refractivity contribution < 1.29 is 9.90 Å². The highest BCUT2D eigenvalue weighted by Crippen LogP contribution is 2.46. The molecule has 1 saturated carbocycles. The first kappa shape index (κ1) is 9.97. The van der Waals surface area contributed by atoms with Crippen LogP contribution in [0.25, 0.3) is 0 Å². The van der Waals surface area contributed by atoms with Gasteiger partial charge in [-0.1, -0.05) is 6.92 Å². The zero-order chi connectivity index (χ0) is 10.2. The molecule has 0 spiro atoms. The molecule has 1 heterocycles. The Bertz CT molecular complexity index is 227. The van der Waals surface area contributed by atoms with Gasteiger partial charge >= 0.3 is 5.97 Å². The van der Waals surface area contributed by atoms with Crippen LogP contribution < -0.4 is 0 Å². The molecule has 2 rings (SSSR count). The summed E-state index contributed by atoms with van der Waals surface area (Å²) in [6.07, 6.45) is 5.00. The molecule has 80 valence electrons. The Kier molecular flexibility index (Phi) is 2.52. The first-order valence-corrected chi connectivity index (χ1v) is 5.59. The Balaban J connectivity index is 2.02. The van der Waals surface area contributed by atoms with Crippen LogP contribution in [0.4, 0.5) is 0 Å². The maximum atomic E-state index is 10.8. The van der Waals surface area contributed by atoms with Crippen LogP contribution in [0.2, 0.25) is 0 Å². The van der Waals surface area contributed by atoms with Crippen LogP contribution in [0.1, 0.15) is 39.0 Å². The fraction of sp³-hybridized carbons (Fsp3) is 0.909. The van der Waals surface area contributed by atoms with Crippen molar-refractivity contribution in [1.29, 1.82) is 0 Å². The van der Waals surface area contributed by atoms with Crippen molar-refractivity contribution in [3.8, 4) is 0 Å². The summed E-state index contributed by atoms with van der Waals surface area (Å²) < 4.78 is 0. The highest BCUT2D eigenvalue weighted by atomic mass is 16.4. The van der Waals surface area contributed by atoms with E-state index in [0.717, 1.165) is 31.8 Å². The normalized spacial score (nSPS) is 38.2. The van der Waals surface area contributed by atoms with E-state index < -0.39 is 5.97 Å². The van der Waals surface area contributed by atoms with E-state index in [-0.39, 0.29) is 5.54 Å². The maximum absolute atomic E-state index is 10.8. The topological polar surface area (TPSA) is 40.5 Å². The lowest BCUT2D eigenvalue weighted by Gasteiger charge is -2.52. The summed E-state index contributed by atoms with van der Waals surface area (Å²) in [5, 5.41) is 8.93. The van der Waals surface area contributed by atoms with Gasteiger partial charge in [-0.15, -0.1) is 0 Å². The number of nitrogens with zero attached hydrogens (tertiary/aromatic N) is 1. The molecule has 0 aromatic carbocycles. The lowest BCUT2D eigenvalue weighted by atomic mass is 9.66. The fourth-order valence-corrected chi connectivity index (χ4v) is 3.22. The monoisotopic (exact) mass is 197 g/mol. The number of rotatable bonds is 3. The van der Waals surface area contributed by atoms with Gasteiger partial charge in [0.15, 0.2) is 0 Å². The molecule has 0 aromatic heterocycles. The Morgan fingerprint density at radius 2 is 2.00 bits per heavy atom. The summed E-state index contributed by atoms with van der Waals surface area (Å²) in [7, 11) is 0. The predicted octanol–water partition coefficient (Wildman–Crippen LogP) is 1.73. The van der Waals surface area contributed by atoms with Crippen LogP contribution in [-0.2, 0) is 4.79 Å². The van der Waals surface area contributed by atoms with Gasteiger partial charge in [0, 0.05) is 5.54 Å². The van der Waals surface area contributed by atoms with Crippen LogP contribution in [0.15, 0.2) is 0 Å². The van der Waals surface area contributed by atoms with Crippen LogP contribution >= 0.6 is 0 Å². The molecular formula is C11H19NO2. The number of hydrogen-bond acceptors (Lipinski definition) is 2. The van der Waals surface area contributed by atoms with Gasteiger partial charge in [-0.2, -0.15) is 0 Å². The minimum Gasteiger partial charge on any atom is -0.481 e. The summed E-state index contributed by atoms with van der Waals surface area (Å²) in [6.45, 7) is 4.44. The summed E-state index contributed by atoms with van der Waals surface area (Å²) in [5.74, 6) is 0.0822. The molecule has 1 aliphatic heterocycles. The third-order valence-electron chi connectivity index (χ3n) is 3.71. The Morgan fingerprint density at radius 3 is 2.43 bits per heavy atom. The molecule has 0 amide bonds. The average Bonchev–Trinajstić information content (AvgIpc) is 2.51. The van der Waals surface area contributed by atoms with E-state index in [2.05, 4.69) is 11.8 Å². The van der Waals surface area contributed by atoms with Gasteiger partial charge in [-0.3, -0.25) is 9.69 Å². The molecule has 0 atom stereocenters. The molecule has 3 heteroatoms. The fourth-order valence-electron chi connectivity index (χ4n) is 3.22. The van der Waals surface area contributed by atoms with E-state index in [4.69, 9.17) is 5.11 Å². The van der Waals surface area contributed by atoms with Crippen LogP contribution in [0, 0.1) is 5.92 Å². The second-order valence-corrected chi connectivity index (χ2v) is 5.00. The Hall–Kier alpha value is -0.570. The minimum absolute atomic E-state index is 0.0295. The van der Waals surface area contributed by atoms with Crippen LogP contribution in [0.5, 0.6) is 0 Å². The van der Waals surface area contributed by atoms with Gasteiger partial charge < -0.3 is 5.11 Å². The predicted molar refractivity (Wildman–Crippen MR) is 54.2 cm³/mol. The molecule has 0 bridgehead atoms. The van der Waals surface area contributed by atoms with E-state index in [1.54, 1.807) is 0 Å². The first-order valence-electron chi connectivity index (χ1n) is 5.59. The molecule has 2 fully saturated rings. The van der Waals surface area contributed by atoms with E-state index in [1.165, 1.54) is 12.8 Å². The second kappa shape index (κ2) is 3.54. The highest BCUT2D eigenvalue weighted by molar-refractivity contribution is 5.68. The minimum atomic E-state index is -0.635. The molecule has 14 heavy (non-hydrogen) atoms. The molecular weight excluding hydrogens is 178 g/mol. The Labute approximate surface area is 85.1 Å². The SMILES string of the molecule is CC1CC(CC(=O)O)(N2CCCC2)C1. The Morgan fingerprint density at radius 1 is 1.43 bits per heavy atom. The third-order valence-corrected chi connectivity index (χ3v) is 3.71.